The average Bonchev–Trinajstić information content (AvgIpc) is 3.52. The zero-order valence-corrected chi connectivity index (χ0v) is 22.9. The highest BCUT2D eigenvalue weighted by Crippen LogP contribution is 2.41. The molecular weight excluding hydrogens is 500 g/mol. The fourth-order valence-electron chi connectivity index (χ4n) is 4.98. The van der Waals surface area contributed by atoms with Crippen molar-refractivity contribution >= 4 is 39.0 Å². The lowest BCUT2D eigenvalue weighted by Crippen LogP contribution is -2.33. The van der Waals surface area contributed by atoms with Crippen molar-refractivity contribution in [3.05, 3.63) is 76.0 Å². The van der Waals surface area contributed by atoms with E-state index in [1.807, 2.05) is 85.8 Å². The summed E-state index contributed by atoms with van der Waals surface area (Å²) in [6.07, 6.45) is 1.60. The van der Waals surface area contributed by atoms with Crippen LogP contribution >= 0.6 is 11.3 Å². The largest absolute Gasteiger partial charge is 0.503 e. The number of para-hydroxylation sites is 2. The lowest BCUT2D eigenvalue weighted by molar-refractivity contribution is -0.129. The van der Waals surface area contributed by atoms with E-state index in [0.717, 1.165) is 41.0 Å². The molecule has 5 rings (SSSR count). The molecule has 0 fully saturated rings. The van der Waals surface area contributed by atoms with Gasteiger partial charge in [0.1, 0.15) is 5.75 Å². The van der Waals surface area contributed by atoms with Gasteiger partial charge < -0.3 is 19.6 Å². The number of hydrogen-bond donors (Lipinski definition) is 1. The van der Waals surface area contributed by atoms with Crippen molar-refractivity contribution in [2.45, 2.75) is 32.7 Å². The fraction of sp³-hybridized carbons (Fsp3) is 0.345. The van der Waals surface area contributed by atoms with E-state index in [0.29, 0.717) is 29.4 Å². The zero-order chi connectivity index (χ0) is 27.0. The Hall–Kier alpha value is -3.69. The highest BCUT2D eigenvalue weighted by Gasteiger charge is 2.44. The Kier molecular flexibility index (Phi) is 7.23. The quantitative estimate of drug-likeness (QED) is 0.283. The van der Waals surface area contributed by atoms with Crippen molar-refractivity contribution in [2.24, 2.45) is 0 Å². The van der Waals surface area contributed by atoms with Crippen molar-refractivity contribution < 1.29 is 19.4 Å². The standard InChI is InChI=1S/C29H32N4O4S/c1-5-17-37-20-13-11-19(12-14-20)24-23(26(35)28(36)32(24)16-8-15-31(3)4)25(34)27-18(2)33-22-10-7-6-9-21(22)30-29(33)38-27/h6-7,9-14,24,35H,5,8,15-17H2,1-4H3. The number of aliphatic hydroxyl groups excluding tert-OH is 1. The van der Waals surface area contributed by atoms with Crippen LogP contribution in [0.3, 0.4) is 0 Å². The van der Waals surface area contributed by atoms with Gasteiger partial charge in [0.15, 0.2) is 10.7 Å². The molecule has 3 heterocycles. The van der Waals surface area contributed by atoms with Crippen LogP contribution in [0.2, 0.25) is 0 Å². The number of imidazole rings is 1. The highest BCUT2D eigenvalue weighted by molar-refractivity contribution is 7.19. The number of benzene rings is 2. The Morgan fingerprint density at radius 2 is 1.89 bits per heavy atom. The minimum atomic E-state index is -0.692. The first kappa shape index (κ1) is 25.9. The van der Waals surface area contributed by atoms with Gasteiger partial charge in [-0.25, -0.2) is 4.98 Å². The summed E-state index contributed by atoms with van der Waals surface area (Å²) < 4.78 is 7.69. The number of thiazole rings is 1. The minimum absolute atomic E-state index is 0.110. The van der Waals surface area contributed by atoms with E-state index in [-0.39, 0.29) is 11.4 Å². The number of carbonyl (C=O) groups is 2. The summed E-state index contributed by atoms with van der Waals surface area (Å²) in [7, 11) is 3.95. The number of ketones is 1. The maximum atomic E-state index is 14.1. The molecule has 0 aliphatic carbocycles. The van der Waals surface area contributed by atoms with Crippen molar-refractivity contribution in [1.29, 1.82) is 0 Å². The van der Waals surface area contributed by atoms with E-state index >= 15 is 0 Å². The van der Waals surface area contributed by atoms with Crippen LogP contribution in [0.5, 0.6) is 5.75 Å². The van der Waals surface area contributed by atoms with Gasteiger partial charge in [0, 0.05) is 12.2 Å². The van der Waals surface area contributed by atoms with Gasteiger partial charge >= 0.3 is 0 Å². The smallest absolute Gasteiger partial charge is 0.290 e. The molecule has 1 amide bonds. The van der Waals surface area contributed by atoms with E-state index < -0.39 is 17.7 Å². The molecular formula is C29H32N4O4S. The second-order valence-corrected chi connectivity index (χ2v) is 10.8. The van der Waals surface area contributed by atoms with E-state index in [1.54, 1.807) is 4.90 Å². The van der Waals surface area contributed by atoms with Crippen LogP contribution in [0.25, 0.3) is 16.0 Å². The number of fused-ring (bicyclic) bond motifs is 3. The third-order valence-electron chi connectivity index (χ3n) is 6.81. The molecule has 1 unspecified atom stereocenters. The molecule has 1 aliphatic heterocycles. The minimum Gasteiger partial charge on any atom is -0.503 e. The maximum absolute atomic E-state index is 14.1. The predicted molar refractivity (Wildman–Crippen MR) is 149 cm³/mol. The average molecular weight is 533 g/mol. The summed E-state index contributed by atoms with van der Waals surface area (Å²) in [5, 5.41) is 11.1. The number of rotatable bonds is 10. The van der Waals surface area contributed by atoms with E-state index in [2.05, 4.69) is 4.98 Å². The zero-order valence-electron chi connectivity index (χ0n) is 22.1. The Morgan fingerprint density at radius 3 is 2.61 bits per heavy atom. The number of aromatic nitrogens is 2. The number of aliphatic hydroxyl groups is 1. The molecule has 0 saturated heterocycles. The number of aryl methyl sites for hydroxylation is 1. The molecule has 8 nitrogen and oxygen atoms in total. The van der Waals surface area contributed by atoms with Crippen molar-refractivity contribution in [2.75, 3.05) is 33.8 Å². The van der Waals surface area contributed by atoms with Crippen molar-refractivity contribution in [1.82, 2.24) is 19.2 Å². The molecule has 0 radical (unpaired) electrons. The molecule has 38 heavy (non-hydrogen) atoms. The number of hydrogen-bond acceptors (Lipinski definition) is 7. The number of ether oxygens (including phenoxy) is 1. The maximum Gasteiger partial charge on any atom is 0.290 e. The first-order valence-electron chi connectivity index (χ1n) is 12.8. The fourth-order valence-corrected chi connectivity index (χ4v) is 6.08. The third-order valence-corrected chi connectivity index (χ3v) is 7.96. The van der Waals surface area contributed by atoms with Gasteiger partial charge in [-0.1, -0.05) is 42.5 Å². The summed E-state index contributed by atoms with van der Waals surface area (Å²) in [6.45, 7) is 5.72. The topological polar surface area (TPSA) is 87.4 Å². The second-order valence-electron chi connectivity index (χ2n) is 9.80. The summed E-state index contributed by atoms with van der Waals surface area (Å²) in [6, 6.07) is 14.5. The third kappa shape index (κ3) is 4.56. The van der Waals surface area contributed by atoms with Crippen LogP contribution in [0.15, 0.2) is 59.9 Å². The summed E-state index contributed by atoms with van der Waals surface area (Å²) >= 11 is 1.28. The predicted octanol–water partition coefficient (Wildman–Crippen LogP) is 5.18. The number of nitrogens with zero attached hydrogens (tertiary/aromatic N) is 4. The molecule has 2 aromatic carbocycles. The summed E-state index contributed by atoms with van der Waals surface area (Å²) in [4.78, 5) is 36.9. The van der Waals surface area contributed by atoms with Crippen LogP contribution in [0.1, 0.15) is 46.7 Å². The number of Topliss-reactive ketones (excluding diaryl/α,β-unsaturated/α-hetero) is 1. The van der Waals surface area contributed by atoms with Gasteiger partial charge in [0.05, 0.1) is 34.1 Å². The Morgan fingerprint density at radius 1 is 1.16 bits per heavy atom. The van der Waals surface area contributed by atoms with Crippen LogP contribution in [-0.2, 0) is 4.79 Å². The molecule has 1 N–H and O–H groups in total. The van der Waals surface area contributed by atoms with Crippen LogP contribution in [-0.4, -0.2) is 69.8 Å². The number of carbonyl (C=O) groups excluding carboxylic acids is 2. The monoisotopic (exact) mass is 532 g/mol. The van der Waals surface area contributed by atoms with Gasteiger partial charge in [-0.2, -0.15) is 0 Å². The molecule has 0 bridgehead atoms. The molecule has 9 heteroatoms. The Balaban J connectivity index is 1.55. The van der Waals surface area contributed by atoms with Gasteiger partial charge in [0.2, 0.25) is 5.78 Å². The molecule has 0 spiro atoms. The van der Waals surface area contributed by atoms with Gasteiger partial charge in [-0.15, -0.1) is 0 Å². The molecule has 0 saturated carbocycles. The van der Waals surface area contributed by atoms with Gasteiger partial charge in [-0.3, -0.25) is 14.0 Å². The molecule has 1 atom stereocenters. The van der Waals surface area contributed by atoms with Crippen LogP contribution in [0, 0.1) is 6.92 Å². The lowest BCUT2D eigenvalue weighted by Gasteiger charge is -2.27. The molecule has 1 aliphatic rings. The Labute approximate surface area is 225 Å². The lowest BCUT2D eigenvalue weighted by atomic mass is 9.95. The number of amides is 1. The van der Waals surface area contributed by atoms with Gasteiger partial charge in [-0.05, 0) is 70.2 Å². The summed E-state index contributed by atoms with van der Waals surface area (Å²) in [5.41, 5.74) is 3.38. The van der Waals surface area contributed by atoms with Crippen LogP contribution in [0.4, 0.5) is 0 Å². The van der Waals surface area contributed by atoms with E-state index in [1.165, 1.54) is 11.3 Å². The van der Waals surface area contributed by atoms with E-state index in [4.69, 9.17) is 4.74 Å². The molecule has 2 aromatic heterocycles. The molecule has 4 aromatic rings. The highest BCUT2D eigenvalue weighted by atomic mass is 32.1. The van der Waals surface area contributed by atoms with Crippen LogP contribution < -0.4 is 4.74 Å². The normalized spacial score (nSPS) is 16.0. The van der Waals surface area contributed by atoms with Gasteiger partial charge in [0.25, 0.3) is 5.91 Å². The Bertz CT molecular complexity index is 1530. The van der Waals surface area contributed by atoms with Crippen molar-refractivity contribution in [3.63, 3.8) is 0 Å². The van der Waals surface area contributed by atoms with Crippen molar-refractivity contribution in [3.8, 4) is 5.75 Å². The first-order valence-corrected chi connectivity index (χ1v) is 13.7. The van der Waals surface area contributed by atoms with E-state index in [9.17, 15) is 14.7 Å². The molecule has 198 valence electrons. The summed E-state index contributed by atoms with van der Waals surface area (Å²) in [5.74, 6) is -0.624. The SMILES string of the molecule is CCCOc1ccc(C2C(C(=O)c3sc4nc5ccccc5n4c3C)=C(O)C(=O)N2CCCN(C)C)cc1. The second kappa shape index (κ2) is 10.6. The first-order chi connectivity index (χ1) is 18.3.